The number of nitrogen functional groups attached to an aromatic ring is 1. The first kappa shape index (κ1) is 13.2. The van der Waals surface area contributed by atoms with Crippen molar-refractivity contribution in [2.45, 2.75) is 26.5 Å². The number of nitrogens with one attached hydrogen (secondary N) is 1. The number of nitrogens with two attached hydrogens (primary N) is 1. The lowest BCUT2D eigenvalue weighted by Crippen LogP contribution is -2.24. The van der Waals surface area contributed by atoms with Gasteiger partial charge < -0.3 is 20.4 Å². The average Bonchev–Trinajstić information content (AvgIpc) is 2.67. The number of imidazole rings is 1. The molecule has 1 amide bonds. The summed E-state index contributed by atoms with van der Waals surface area (Å²) < 4.78 is 7.36. The lowest BCUT2D eigenvalue weighted by molar-refractivity contribution is -0.121. The molecule has 2 rings (SSSR count). The number of amides is 1. The van der Waals surface area contributed by atoms with Gasteiger partial charge in [-0.3, -0.25) is 4.79 Å². The van der Waals surface area contributed by atoms with Crippen LogP contribution in [0, 0.1) is 0 Å². The summed E-state index contributed by atoms with van der Waals surface area (Å²) in [5.41, 5.74) is 7.34. The van der Waals surface area contributed by atoms with E-state index in [1.54, 1.807) is 11.6 Å². The van der Waals surface area contributed by atoms with Gasteiger partial charge in [0.15, 0.2) is 0 Å². The number of benzene rings is 1. The Morgan fingerprint density at radius 3 is 2.89 bits per heavy atom. The van der Waals surface area contributed by atoms with Gasteiger partial charge in [-0.05, 0) is 26.0 Å². The molecular formula is C13H18N4O2. The van der Waals surface area contributed by atoms with Gasteiger partial charge >= 0.3 is 0 Å². The Hall–Kier alpha value is -2.24. The molecule has 1 aromatic carbocycles. The normalized spacial score (nSPS) is 10.9. The maximum Gasteiger partial charge on any atom is 0.239 e. The lowest BCUT2D eigenvalue weighted by Gasteiger charge is -2.10. The second-order valence-corrected chi connectivity index (χ2v) is 4.52. The Balaban J connectivity index is 2.49. The Labute approximate surface area is 111 Å². The highest BCUT2D eigenvalue weighted by Crippen LogP contribution is 2.27. The number of ether oxygens (including phenoxy) is 1. The predicted octanol–water partition coefficient (Wildman–Crippen LogP) is 1.15. The third kappa shape index (κ3) is 2.62. The summed E-state index contributed by atoms with van der Waals surface area (Å²) in [5.74, 6) is 0.856. The number of carbonyl (C=O) groups is 1. The first-order chi connectivity index (χ1) is 9.02. The summed E-state index contributed by atoms with van der Waals surface area (Å²) in [6.45, 7) is 4.04. The molecular weight excluding hydrogens is 244 g/mol. The summed E-state index contributed by atoms with van der Waals surface area (Å²) in [6, 6.07) is 5.58. The Kier molecular flexibility index (Phi) is 3.59. The molecule has 0 unspecified atom stereocenters. The van der Waals surface area contributed by atoms with Gasteiger partial charge in [0.2, 0.25) is 11.9 Å². The highest BCUT2D eigenvalue weighted by molar-refractivity contribution is 5.86. The van der Waals surface area contributed by atoms with Crippen molar-refractivity contribution in [2.75, 3.05) is 12.8 Å². The molecule has 0 bridgehead atoms. The molecule has 0 atom stereocenters. The van der Waals surface area contributed by atoms with E-state index >= 15 is 0 Å². The van der Waals surface area contributed by atoms with Gasteiger partial charge in [0.1, 0.15) is 17.8 Å². The molecule has 0 saturated carbocycles. The molecule has 0 spiro atoms. The molecule has 19 heavy (non-hydrogen) atoms. The number of aromatic nitrogens is 2. The van der Waals surface area contributed by atoms with E-state index in [1.165, 1.54) is 0 Å². The molecule has 0 aliphatic rings. The van der Waals surface area contributed by atoms with Gasteiger partial charge in [0.25, 0.3) is 0 Å². The topological polar surface area (TPSA) is 82.2 Å². The van der Waals surface area contributed by atoms with Crippen LogP contribution in [0.5, 0.6) is 5.75 Å². The zero-order valence-corrected chi connectivity index (χ0v) is 11.3. The third-order valence-electron chi connectivity index (χ3n) is 2.71. The number of fused-ring (bicyclic) bond motifs is 1. The van der Waals surface area contributed by atoms with E-state index in [4.69, 9.17) is 10.5 Å². The number of hydrogen-bond acceptors (Lipinski definition) is 4. The van der Waals surface area contributed by atoms with Gasteiger partial charge in [-0.2, -0.15) is 0 Å². The molecule has 1 aromatic heterocycles. The van der Waals surface area contributed by atoms with Crippen LogP contribution in [0.25, 0.3) is 11.0 Å². The standard InChI is InChI=1S/C13H18N4O2/c1-8(2)19-10-6-4-5-9-12(10)16-13(14)17(9)7-11(18)15-3/h4-6,8H,7H2,1-3H3,(H2,14,16)(H,15,18). The molecule has 2 aromatic rings. The first-order valence-electron chi connectivity index (χ1n) is 6.15. The quantitative estimate of drug-likeness (QED) is 0.866. The Morgan fingerprint density at radius 1 is 1.53 bits per heavy atom. The fourth-order valence-corrected chi connectivity index (χ4v) is 1.88. The highest BCUT2D eigenvalue weighted by Gasteiger charge is 2.14. The molecule has 6 heteroatoms. The van der Waals surface area contributed by atoms with Crippen molar-refractivity contribution in [1.82, 2.24) is 14.9 Å². The fourth-order valence-electron chi connectivity index (χ4n) is 1.88. The third-order valence-corrected chi connectivity index (χ3v) is 2.71. The number of nitrogens with zero attached hydrogens (tertiary/aromatic N) is 2. The number of rotatable bonds is 4. The van der Waals surface area contributed by atoms with E-state index in [0.29, 0.717) is 17.2 Å². The number of hydrogen-bond donors (Lipinski definition) is 2. The number of para-hydroxylation sites is 1. The number of carbonyl (C=O) groups excluding carboxylic acids is 1. The van der Waals surface area contributed by atoms with E-state index < -0.39 is 0 Å². The largest absolute Gasteiger partial charge is 0.489 e. The molecule has 0 saturated heterocycles. The van der Waals surface area contributed by atoms with Crippen LogP contribution in [-0.2, 0) is 11.3 Å². The number of likely N-dealkylation sites (N-methyl/N-ethyl adjacent to an activating group) is 1. The highest BCUT2D eigenvalue weighted by atomic mass is 16.5. The monoisotopic (exact) mass is 262 g/mol. The minimum absolute atomic E-state index is 0.0518. The molecule has 3 N–H and O–H groups in total. The van der Waals surface area contributed by atoms with Crippen molar-refractivity contribution in [3.63, 3.8) is 0 Å². The van der Waals surface area contributed by atoms with Gasteiger partial charge in [-0.15, -0.1) is 0 Å². The van der Waals surface area contributed by atoms with Crippen molar-refractivity contribution in [3.05, 3.63) is 18.2 Å². The maximum absolute atomic E-state index is 11.5. The van der Waals surface area contributed by atoms with Gasteiger partial charge in [-0.1, -0.05) is 6.07 Å². The van der Waals surface area contributed by atoms with Crippen LogP contribution in [0.4, 0.5) is 5.95 Å². The van der Waals surface area contributed by atoms with Crippen molar-refractivity contribution in [3.8, 4) is 5.75 Å². The van der Waals surface area contributed by atoms with Crippen molar-refractivity contribution < 1.29 is 9.53 Å². The van der Waals surface area contributed by atoms with Crippen LogP contribution >= 0.6 is 0 Å². The summed E-state index contributed by atoms with van der Waals surface area (Å²) in [4.78, 5) is 15.8. The molecule has 0 aliphatic heterocycles. The van der Waals surface area contributed by atoms with E-state index in [-0.39, 0.29) is 18.6 Å². The molecule has 102 valence electrons. The summed E-state index contributed by atoms with van der Waals surface area (Å²) >= 11 is 0. The van der Waals surface area contributed by atoms with Crippen LogP contribution in [0.3, 0.4) is 0 Å². The van der Waals surface area contributed by atoms with Gasteiger partial charge in [0.05, 0.1) is 11.6 Å². The van der Waals surface area contributed by atoms with Crippen molar-refractivity contribution in [1.29, 1.82) is 0 Å². The SMILES string of the molecule is CNC(=O)Cn1c(N)nc2c(OC(C)C)cccc21. The van der Waals surface area contributed by atoms with Crippen LogP contribution in [0.2, 0.25) is 0 Å². The van der Waals surface area contributed by atoms with Crippen LogP contribution in [0.15, 0.2) is 18.2 Å². The molecule has 0 fully saturated rings. The second-order valence-electron chi connectivity index (χ2n) is 4.52. The zero-order valence-electron chi connectivity index (χ0n) is 11.3. The van der Waals surface area contributed by atoms with Gasteiger partial charge in [-0.25, -0.2) is 4.98 Å². The molecule has 6 nitrogen and oxygen atoms in total. The molecule has 0 radical (unpaired) electrons. The first-order valence-corrected chi connectivity index (χ1v) is 6.15. The summed E-state index contributed by atoms with van der Waals surface area (Å²) in [5, 5.41) is 2.57. The van der Waals surface area contributed by atoms with E-state index in [0.717, 1.165) is 5.52 Å². The fraction of sp³-hybridized carbons (Fsp3) is 0.385. The summed E-state index contributed by atoms with van der Waals surface area (Å²) in [6.07, 6.45) is 0.0518. The van der Waals surface area contributed by atoms with Gasteiger partial charge in [0, 0.05) is 7.05 Å². The zero-order chi connectivity index (χ0) is 14.0. The predicted molar refractivity (Wildman–Crippen MR) is 74.0 cm³/mol. The van der Waals surface area contributed by atoms with Crippen LogP contribution < -0.4 is 15.8 Å². The van der Waals surface area contributed by atoms with Crippen molar-refractivity contribution >= 4 is 22.9 Å². The molecule has 0 aliphatic carbocycles. The maximum atomic E-state index is 11.5. The Morgan fingerprint density at radius 2 is 2.26 bits per heavy atom. The minimum atomic E-state index is -0.124. The van der Waals surface area contributed by atoms with E-state index in [9.17, 15) is 4.79 Å². The molecule has 1 heterocycles. The van der Waals surface area contributed by atoms with Crippen LogP contribution in [0.1, 0.15) is 13.8 Å². The van der Waals surface area contributed by atoms with Crippen LogP contribution in [-0.4, -0.2) is 28.6 Å². The summed E-state index contributed by atoms with van der Waals surface area (Å²) in [7, 11) is 1.59. The van der Waals surface area contributed by atoms with E-state index in [2.05, 4.69) is 10.3 Å². The average molecular weight is 262 g/mol. The second kappa shape index (κ2) is 5.17. The van der Waals surface area contributed by atoms with Crippen molar-refractivity contribution in [2.24, 2.45) is 0 Å². The smallest absolute Gasteiger partial charge is 0.239 e. The Bertz CT molecular complexity index is 604. The van der Waals surface area contributed by atoms with E-state index in [1.807, 2.05) is 32.0 Å². The lowest BCUT2D eigenvalue weighted by atomic mass is 10.3. The number of anilines is 1. The minimum Gasteiger partial charge on any atom is -0.489 e.